The van der Waals surface area contributed by atoms with Gasteiger partial charge in [-0.3, -0.25) is 0 Å². The van der Waals surface area contributed by atoms with Gasteiger partial charge in [0.05, 0.1) is 0 Å². The zero-order chi connectivity index (χ0) is 6.57. The summed E-state index contributed by atoms with van der Waals surface area (Å²) in [7, 11) is 0. The molecule has 0 aromatic heterocycles. The number of hydrogen-bond acceptors (Lipinski definition) is 2. The molecule has 0 saturated heterocycles. The fourth-order valence-corrected chi connectivity index (χ4v) is 0.150. The molecule has 4 nitrogen and oxygen atoms in total. The van der Waals surface area contributed by atoms with E-state index in [1.54, 1.807) is 0 Å². The molecule has 0 heterocycles. The van der Waals surface area contributed by atoms with Crippen molar-refractivity contribution in [1.82, 2.24) is 5.32 Å². The predicted octanol–water partition coefficient (Wildman–Crippen LogP) is -0.604. The van der Waals surface area contributed by atoms with Crippen molar-refractivity contribution in [3.8, 4) is 6.27 Å². The van der Waals surface area contributed by atoms with E-state index in [2.05, 4.69) is 0 Å². The second-order valence-electron chi connectivity index (χ2n) is 1.31. The van der Waals surface area contributed by atoms with Gasteiger partial charge in [-0.25, -0.2) is 0 Å². The molecule has 2 N–H and O–H groups in total. The zero-order valence-electron chi connectivity index (χ0n) is 4.34. The van der Waals surface area contributed by atoms with Gasteiger partial charge >= 0.3 is 45.1 Å². The van der Waals surface area contributed by atoms with Gasteiger partial charge in [-0.15, -0.1) is 0 Å². The Balaban J connectivity index is 3.52. The minimum absolute atomic E-state index is 0.840. The van der Waals surface area contributed by atoms with E-state index < -0.39 is 12.0 Å². The summed E-state index contributed by atoms with van der Waals surface area (Å²) >= 11 is 0. The van der Waals surface area contributed by atoms with Gasteiger partial charge in [0.2, 0.25) is 0 Å². The Hall–Kier alpha value is -0.990. The van der Waals surface area contributed by atoms with E-state index in [-0.39, 0.29) is 0 Å². The van der Waals surface area contributed by atoms with Gasteiger partial charge in [-0.2, -0.15) is 0 Å². The minimum atomic E-state index is -1.06. The molecule has 0 spiro atoms. The molecule has 0 rings (SSSR count). The Morgan fingerprint density at radius 3 is 2.62 bits per heavy atom. The van der Waals surface area contributed by atoms with Crippen molar-refractivity contribution in [2.24, 2.45) is 0 Å². The molecule has 1 atom stereocenters. The summed E-state index contributed by atoms with van der Waals surface area (Å²) in [5.74, 6) is -1.06. The number of carboxylic acid groups (broad SMARTS) is 1. The summed E-state index contributed by atoms with van der Waals surface area (Å²) in [5.41, 5.74) is 0. The maximum absolute atomic E-state index is 9.85. The molecule has 0 aliphatic heterocycles. The molecule has 0 saturated carbocycles. The first-order valence-corrected chi connectivity index (χ1v) is 2.04. The van der Waals surface area contributed by atoms with Crippen LogP contribution in [0.3, 0.4) is 0 Å². The number of aliphatic carboxylic acids is 1. The molecule has 8 heavy (non-hydrogen) atoms. The number of carboxylic acids is 1. The van der Waals surface area contributed by atoms with Gasteiger partial charge in [0.25, 0.3) is 0 Å². The monoisotopic (exact) mass is 116 g/mol. The molecule has 1 unspecified atom stereocenters. The van der Waals surface area contributed by atoms with E-state index in [0.29, 0.717) is 0 Å². The summed E-state index contributed by atoms with van der Waals surface area (Å²) in [6.45, 7) is 1.35. The first-order valence-electron chi connectivity index (χ1n) is 2.04. The molecule has 0 aliphatic rings. The molecular weight excluding hydrogens is 110 g/mol. The van der Waals surface area contributed by atoms with Crippen molar-refractivity contribution in [3.05, 3.63) is 0 Å². The Kier molecular flexibility index (Phi) is 2.69. The quantitative estimate of drug-likeness (QED) is 0.373. The Morgan fingerprint density at radius 2 is 2.50 bits per heavy atom. The van der Waals surface area contributed by atoms with Crippen LogP contribution in [0.1, 0.15) is 6.92 Å². The van der Waals surface area contributed by atoms with Gasteiger partial charge < -0.3 is 0 Å². The van der Waals surface area contributed by atoms with E-state index in [9.17, 15) is 9.45 Å². The molecule has 4 heteroatoms. The summed E-state index contributed by atoms with van der Waals surface area (Å²) in [6.07, 6.45) is 1.27. The van der Waals surface area contributed by atoms with E-state index in [0.717, 1.165) is 0 Å². The number of nitrogens with one attached hydrogen (secondary N) is 1. The summed E-state index contributed by atoms with van der Waals surface area (Å²) in [6, 6.07) is -0.840. The number of hydrogen-bond donors (Lipinski definition) is 2. The van der Waals surface area contributed by atoms with E-state index in [1.807, 2.05) is 5.32 Å². The van der Waals surface area contributed by atoms with Crippen LogP contribution in [0.2, 0.25) is 0 Å². The number of carbonyl (C=O) groups is 1. The zero-order valence-corrected chi connectivity index (χ0v) is 4.34. The Labute approximate surface area is 46.2 Å². The molecular formula is C4H6NO3+. The topological polar surface area (TPSA) is 69.2 Å². The van der Waals surface area contributed by atoms with Crippen molar-refractivity contribution in [3.63, 3.8) is 0 Å². The average molecular weight is 116 g/mol. The van der Waals surface area contributed by atoms with Crippen LogP contribution < -0.4 is 5.32 Å². The normalized spacial score (nSPS) is 11.5. The molecule has 0 bridgehead atoms. The van der Waals surface area contributed by atoms with Crippen LogP contribution in [0.5, 0.6) is 0 Å². The summed E-state index contributed by atoms with van der Waals surface area (Å²) in [4.78, 5) is 9.85. The van der Waals surface area contributed by atoms with Gasteiger partial charge in [0, 0.05) is 0 Å². The SMILES string of the molecule is CC(NC#[O+])C(=O)O. The second kappa shape index (κ2) is 3.07. The standard InChI is InChI=1S/C4H5NO3/c1-3(4(7)8)5-2-6/h3,5H,1H3/p+1. The Morgan fingerprint density at radius 1 is 2.00 bits per heavy atom. The van der Waals surface area contributed by atoms with E-state index in [4.69, 9.17) is 5.11 Å². The first kappa shape index (κ1) is 7.01. The third kappa shape index (κ3) is 2.23. The molecule has 0 fully saturated rings. The molecule has 0 aromatic rings. The molecule has 0 amide bonds. The van der Waals surface area contributed by atoms with E-state index in [1.165, 1.54) is 13.2 Å². The van der Waals surface area contributed by atoms with Crippen LogP contribution in [-0.4, -0.2) is 17.1 Å². The van der Waals surface area contributed by atoms with Crippen LogP contribution in [0.25, 0.3) is 0 Å². The molecule has 0 aromatic carbocycles. The van der Waals surface area contributed by atoms with Gasteiger partial charge in [0.15, 0.2) is 0 Å². The summed E-state index contributed by atoms with van der Waals surface area (Å²) < 4.78 is 9.42. The van der Waals surface area contributed by atoms with Crippen molar-refractivity contribution < 1.29 is 14.6 Å². The van der Waals surface area contributed by atoms with Crippen LogP contribution in [0.4, 0.5) is 0 Å². The van der Waals surface area contributed by atoms with Crippen LogP contribution in [0, 0.1) is 6.27 Å². The first-order chi connectivity index (χ1) is 3.68. The third-order valence-electron chi connectivity index (χ3n) is 0.646. The van der Waals surface area contributed by atoms with Crippen molar-refractivity contribution in [1.29, 1.82) is 0 Å². The second-order valence-corrected chi connectivity index (χ2v) is 1.31. The van der Waals surface area contributed by atoms with Crippen LogP contribution in [0.15, 0.2) is 0 Å². The van der Waals surface area contributed by atoms with Crippen molar-refractivity contribution in [2.75, 3.05) is 0 Å². The van der Waals surface area contributed by atoms with Gasteiger partial charge in [-0.05, 0) is 0 Å². The molecule has 0 radical (unpaired) electrons. The van der Waals surface area contributed by atoms with Crippen LogP contribution >= 0.6 is 0 Å². The Bertz CT molecular complexity index is 126. The molecule has 0 aliphatic carbocycles. The number of rotatable bonds is 2. The van der Waals surface area contributed by atoms with Crippen LogP contribution in [-0.2, 0) is 9.45 Å². The summed E-state index contributed by atoms with van der Waals surface area (Å²) in [5, 5.41) is 10.0. The molecule has 44 valence electrons. The van der Waals surface area contributed by atoms with Gasteiger partial charge in [-0.1, -0.05) is 0 Å². The third-order valence-corrected chi connectivity index (χ3v) is 0.646. The fourth-order valence-electron chi connectivity index (χ4n) is 0.150. The van der Waals surface area contributed by atoms with Gasteiger partial charge in [0.1, 0.15) is 0 Å². The predicted molar refractivity (Wildman–Crippen MR) is 24.8 cm³/mol. The maximum atomic E-state index is 9.85. The fraction of sp³-hybridized carbons (Fsp3) is 0.500. The average Bonchev–Trinajstić information content (AvgIpc) is 1.67. The van der Waals surface area contributed by atoms with Crippen molar-refractivity contribution in [2.45, 2.75) is 13.0 Å². The van der Waals surface area contributed by atoms with E-state index >= 15 is 0 Å². The van der Waals surface area contributed by atoms with Crippen molar-refractivity contribution >= 4 is 5.97 Å².